The van der Waals surface area contributed by atoms with Crippen molar-refractivity contribution in [3.63, 3.8) is 0 Å². The minimum absolute atomic E-state index is 0.118. The maximum Gasteiger partial charge on any atom is 0.339 e. The molecule has 134 valence electrons. The first-order valence-corrected chi connectivity index (χ1v) is 7.64. The van der Waals surface area contributed by atoms with Crippen molar-refractivity contribution in [3.05, 3.63) is 42.2 Å². The fraction of sp³-hybridized carbons (Fsp3) is 0.412. The fourth-order valence-corrected chi connectivity index (χ4v) is 2.53. The normalized spacial score (nSPS) is 25.7. The summed E-state index contributed by atoms with van der Waals surface area (Å²) < 4.78 is 21.5. The molecule has 0 N–H and O–H groups in total. The largest absolute Gasteiger partial charge is 0.459 e. The van der Waals surface area contributed by atoms with Gasteiger partial charge in [0.05, 0.1) is 11.7 Å². The molecule has 2 rings (SSSR count). The highest BCUT2D eigenvalue weighted by molar-refractivity contribution is 5.89. The zero-order valence-electron chi connectivity index (χ0n) is 13.9. The van der Waals surface area contributed by atoms with E-state index in [0.29, 0.717) is 11.8 Å². The number of ether oxygens (including phenoxy) is 4. The molecule has 0 aliphatic carbocycles. The third-order valence-corrected chi connectivity index (χ3v) is 3.65. The highest BCUT2D eigenvalue weighted by Gasteiger charge is 2.45. The van der Waals surface area contributed by atoms with Crippen LogP contribution in [0.5, 0.6) is 0 Å². The van der Waals surface area contributed by atoms with E-state index in [9.17, 15) is 14.4 Å². The summed E-state index contributed by atoms with van der Waals surface area (Å²) in [5.74, 6) is -1.27. The summed E-state index contributed by atoms with van der Waals surface area (Å²) in [5, 5.41) is 0. The summed E-state index contributed by atoms with van der Waals surface area (Å²) in [6, 6.07) is 3.20. The zero-order chi connectivity index (χ0) is 18.2. The monoisotopic (exact) mass is 349 g/mol. The van der Waals surface area contributed by atoms with E-state index in [1.165, 1.54) is 13.3 Å². The van der Waals surface area contributed by atoms with Gasteiger partial charge in [0.25, 0.3) is 0 Å². The highest BCUT2D eigenvalue weighted by Crippen LogP contribution is 2.26. The lowest BCUT2D eigenvalue weighted by Gasteiger charge is -2.22. The molecule has 1 fully saturated rings. The van der Waals surface area contributed by atoms with Crippen LogP contribution in [0.3, 0.4) is 0 Å². The number of aldehydes is 1. The standard InChI is InChI=1S/C17H19NO7/c1-11-15(22-2)16(25-14(20)6-4-8-19)13(24-11)10-23-17(21)12-5-3-7-18-9-12/h3-9,11,13,15-16H,10H2,1-2H3/b6-4-. The van der Waals surface area contributed by atoms with Crippen LogP contribution in [0.4, 0.5) is 0 Å². The lowest BCUT2D eigenvalue weighted by Crippen LogP contribution is -2.39. The van der Waals surface area contributed by atoms with Gasteiger partial charge in [0.1, 0.15) is 25.1 Å². The van der Waals surface area contributed by atoms with Crippen molar-refractivity contribution in [3.8, 4) is 0 Å². The second kappa shape index (κ2) is 9.05. The van der Waals surface area contributed by atoms with E-state index in [1.54, 1.807) is 25.3 Å². The van der Waals surface area contributed by atoms with Crippen molar-refractivity contribution in [2.24, 2.45) is 0 Å². The Balaban J connectivity index is 2.01. The van der Waals surface area contributed by atoms with Crippen LogP contribution in [-0.4, -0.2) is 61.3 Å². The average molecular weight is 349 g/mol. The number of methoxy groups -OCH3 is 1. The van der Waals surface area contributed by atoms with E-state index < -0.39 is 30.3 Å². The van der Waals surface area contributed by atoms with E-state index in [1.807, 2.05) is 0 Å². The van der Waals surface area contributed by atoms with Crippen LogP contribution in [0.25, 0.3) is 0 Å². The molecule has 2 heterocycles. The predicted molar refractivity (Wildman–Crippen MR) is 84.7 cm³/mol. The molecule has 4 unspecified atom stereocenters. The number of allylic oxidation sites excluding steroid dienone is 1. The quantitative estimate of drug-likeness (QED) is 0.403. The molecule has 1 aliphatic rings. The molecular weight excluding hydrogens is 330 g/mol. The second-order valence-electron chi connectivity index (χ2n) is 5.32. The Labute approximate surface area is 144 Å². The van der Waals surface area contributed by atoms with Crippen molar-refractivity contribution in [1.82, 2.24) is 4.98 Å². The van der Waals surface area contributed by atoms with Crippen LogP contribution in [0.1, 0.15) is 17.3 Å². The molecule has 0 spiro atoms. The number of carbonyl (C=O) groups is 3. The van der Waals surface area contributed by atoms with Gasteiger partial charge in [-0.3, -0.25) is 9.78 Å². The Morgan fingerprint density at radius 2 is 2.16 bits per heavy atom. The zero-order valence-corrected chi connectivity index (χ0v) is 13.9. The van der Waals surface area contributed by atoms with Gasteiger partial charge in [-0.25, -0.2) is 9.59 Å². The molecule has 1 aromatic heterocycles. The van der Waals surface area contributed by atoms with Gasteiger partial charge >= 0.3 is 11.9 Å². The van der Waals surface area contributed by atoms with Crippen molar-refractivity contribution >= 4 is 18.2 Å². The van der Waals surface area contributed by atoms with Crippen molar-refractivity contribution in [2.45, 2.75) is 31.3 Å². The van der Waals surface area contributed by atoms with E-state index in [4.69, 9.17) is 18.9 Å². The predicted octanol–water partition coefficient (Wildman–Crippen LogP) is 0.708. The smallest absolute Gasteiger partial charge is 0.339 e. The van der Waals surface area contributed by atoms with Crippen molar-refractivity contribution in [1.29, 1.82) is 0 Å². The first-order valence-electron chi connectivity index (χ1n) is 7.64. The number of esters is 2. The molecule has 0 bridgehead atoms. The molecule has 1 aromatic rings. The summed E-state index contributed by atoms with van der Waals surface area (Å²) in [4.78, 5) is 37.9. The molecule has 4 atom stereocenters. The van der Waals surface area contributed by atoms with Crippen molar-refractivity contribution in [2.75, 3.05) is 13.7 Å². The Morgan fingerprint density at radius 1 is 1.36 bits per heavy atom. The van der Waals surface area contributed by atoms with Gasteiger partial charge in [0.2, 0.25) is 0 Å². The molecule has 0 radical (unpaired) electrons. The summed E-state index contributed by atoms with van der Waals surface area (Å²) >= 11 is 0. The van der Waals surface area contributed by atoms with E-state index in [2.05, 4.69) is 4.98 Å². The van der Waals surface area contributed by atoms with Crippen LogP contribution >= 0.6 is 0 Å². The molecule has 1 aliphatic heterocycles. The maximum absolute atomic E-state index is 12.0. The molecule has 8 heteroatoms. The van der Waals surface area contributed by atoms with Crippen LogP contribution < -0.4 is 0 Å². The maximum atomic E-state index is 12.0. The average Bonchev–Trinajstić information content (AvgIpc) is 2.93. The second-order valence-corrected chi connectivity index (χ2v) is 5.32. The lowest BCUT2D eigenvalue weighted by molar-refractivity contribution is -0.151. The molecular formula is C17H19NO7. The molecule has 25 heavy (non-hydrogen) atoms. The number of pyridine rings is 1. The molecule has 1 saturated heterocycles. The topological polar surface area (TPSA) is 101 Å². The van der Waals surface area contributed by atoms with E-state index in [-0.39, 0.29) is 12.7 Å². The Hall–Kier alpha value is -2.58. The van der Waals surface area contributed by atoms with E-state index >= 15 is 0 Å². The Kier molecular flexibility index (Phi) is 6.79. The number of rotatable bonds is 7. The number of hydrogen-bond acceptors (Lipinski definition) is 8. The first kappa shape index (κ1) is 18.8. The van der Waals surface area contributed by atoms with Crippen molar-refractivity contribution < 1.29 is 33.3 Å². The number of nitrogens with zero attached hydrogens (tertiary/aromatic N) is 1. The third-order valence-electron chi connectivity index (χ3n) is 3.65. The van der Waals surface area contributed by atoms with Crippen LogP contribution in [0.2, 0.25) is 0 Å². The molecule has 8 nitrogen and oxygen atoms in total. The van der Waals surface area contributed by atoms with Gasteiger partial charge in [-0.15, -0.1) is 0 Å². The summed E-state index contributed by atoms with van der Waals surface area (Å²) in [5.41, 5.74) is 0.305. The van der Waals surface area contributed by atoms with Gasteiger partial charge in [-0.05, 0) is 25.1 Å². The van der Waals surface area contributed by atoms with Gasteiger partial charge in [-0.1, -0.05) is 0 Å². The molecule has 0 amide bonds. The fourth-order valence-electron chi connectivity index (χ4n) is 2.53. The SMILES string of the molecule is COC1C(C)OC(COC(=O)c2cccnc2)C1OC(=O)/C=C\C=O. The Bertz CT molecular complexity index is 631. The summed E-state index contributed by atoms with van der Waals surface area (Å²) in [6.07, 6.45) is 3.10. The Morgan fingerprint density at radius 3 is 2.80 bits per heavy atom. The highest BCUT2D eigenvalue weighted by atomic mass is 16.6. The summed E-state index contributed by atoms with van der Waals surface area (Å²) in [7, 11) is 1.47. The van der Waals surface area contributed by atoms with Gasteiger partial charge in [0.15, 0.2) is 6.10 Å². The first-order chi connectivity index (χ1) is 12.1. The third kappa shape index (κ3) is 4.94. The molecule has 0 aromatic carbocycles. The minimum Gasteiger partial charge on any atom is -0.459 e. The minimum atomic E-state index is -0.773. The van der Waals surface area contributed by atoms with Crippen LogP contribution in [-0.2, 0) is 28.5 Å². The number of carbonyl (C=O) groups excluding carboxylic acids is 3. The summed E-state index contributed by atoms with van der Waals surface area (Å²) in [6.45, 7) is 1.65. The number of hydrogen-bond donors (Lipinski definition) is 0. The van der Waals surface area contributed by atoms with Crippen LogP contribution in [0.15, 0.2) is 36.7 Å². The lowest BCUT2D eigenvalue weighted by atomic mass is 10.1. The van der Waals surface area contributed by atoms with Gasteiger partial charge < -0.3 is 18.9 Å². The van der Waals surface area contributed by atoms with Gasteiger partial charge in [0, 0.05) is 25.6 Å². The van der Waals surface area contributed by atoms with Gasteiger partial charge in [-0.2, -0.15) is 0 Å². The van der Waals surface area contributed by atoms with Crippen LogP contribution in [0, 0.1) is 0 Å². The number of aromatic nitrogens is 1. The molecule has 0 saturated carbocycles. The van der Waals surface area contributed by atoms with E-state index in [0.717, 1.165) is 12.2 Å².